The largest absolute Gasteiger partial charge is 0.477 e. The van der Waals surface area contributed by atoms with Crippen molar-refractivity contribution < 1.29 is 27.8 Å². The van der Waals surface area contributed by atoms with Gasteiger partial charge in [0.1, 0.15) is 11.3 Å². The number of hydrogen-bond donors (Lipinski definition) is 2. The lowest BCUT2D eigenvalue weighted by molar-refractivity contribution is -0.0488. The van der Waals surface area contributed by atoms with Crippen LogP contribution >= 0.6 is 0 Å². The van der Waals surface area contributed by atoms with E-state index in [-0.39, 0.29) is 22.6 Å². The minimum Gasteiger partial charge on any atom is -0.477 e. The van der Waals surface area contributed by atoms with Crippen LogP contribution < -0.4 is 20.4 Å². The van der Waals surface area contributed by atoms with Crippen molar-refractivity contribution >= 4 is 22.6 Å². The zero-order valence-corrected chi connectivity index (χ0v) is 17.5. The number of nitrogens with one attached hydrogen (secondary N) is 1. The molecule has 2 fully saturated rings. The highest BCUT2D eigenvalue weighted by Gasteiger charge is 2.32. The van der Waals surface area contributed by atoms with Gasteiger partial charge in [0.15, 0.2) is 11.6 Å². The summed E-state index contributed by atoms with van der Waals surface area (Å²) in [4.78, 5) is 26.0. The fourth-order valence-corrected chi connectivity index (χ4v) is 4.20. The van der Waals surface area contributed by atoms with E-state index in [4.69, 9.17) is 4.74 Å². The second-order valence-corrected chi connectivity index (χ2v) is 8.03. The molecule has 10 heteroatoms. The molecule has 0 amide bonds. The van der Waals surface area contributed by atoms with Crippen molar-refractivity contribution in [1.29, 1.82) is 0 Å². The first-order chi connectivity index (χ1) is 15.3. The van der Waals surface area contributed by atoms with Crippen LogP contribution in [0.5, 0.6) is 5.75 Å². The fraction of sp³-hybridized carbons (Fsp3) is 0.455. The summed E-state index contributed by atoms with van der Waals surface area (Å²) in [5, 5.41) is 12.2. The molecule has 2 aliphatic rings. The molecule has 1 aromatic carbocycles. The van der Waals surface area contributed by atoms with Crippen LogP contribution in [-0.4, -0.2) is 48.9 Å². The number of carbonyl (C=O) groups is 1. The first-order valence-corrected chi connectivity index (χ1v) is 10.5. The minimum absolute atomic E-state index is 0.00993. The fourth-order valence-electron chi connectivity index (χ4n) is 4.20. The van der Waals surface area contributed by atoms with Gasteiger partial charge in [0.25, 0.3) is 0 Å². The van der Waals surface area contributed by atoms with E-state index >= 15 is 4.39 Å². The molecular formula is C22H24F3N3O4. The number of pyridine rings is 1. The number of hydrogen-bond acceptors (Lipinski definition) is 5. The minimum atomic E-state index is -3.24. The monoisotopic (exact) mass is 451 g/mol. The Hall–Kier alpha value is -3.01. The zero-order valence-electron chi connectivity index (χ0n) is 17.5. The van der Waals surface area contributed by atoms with Gasteiger partial charge in [0.05, 0.1) is 10.9 Å². The van der Waals surface area contributed by atoms with E-state index in [1.807, 2.05) is 7.05 Å². The average molecular weight is 451 g/mol. The number of ether oxygens (including phenoxy) is 1. The Bertz CT molecular complexity index is 1130. The van der Waals surface area contributed by atoms with E-state index in [9.17, 15) is 23.5 Å². The number of carboxylic acids is 1. The topological polar surface area (TPSA) is 83.8 Å². The summed E-state index contributed by atoms with van der Waals surface area (Å²) in [6.45, 7) is -1.73. The Morgan fingerprint density at radius 1 is 1.34 bits per heavy atom. The Kier molecular flexibility index (Phi) is 6.14. The summed E-state index contributed by atoms with van der Waals surface area (Å²) >= 11 is 0. The van der Waals surface area contributed by atoms with E-state index < -0.39 is 35.1 Å². The number of likely N-dealkylation sites (N-methyl/N-ethyl adjacent to an activating group) is 1. The lowest BCUT2D eigenvalue weighted by Crippen LogP contribution is -2.32. The molecule has 172 valence electrons. The molecule has 1 aliphatic heterocycles. The van der Waals surface area contributed by atoms with E-state index in [0.29, 0.717) is 45.3 Å². The Morgan fingerprint density at radius 3 is 2.59 bits per heavy atom. The number of anilines is 1. The average Bonchev–Trinajstić information content (AvgIpc) is 3.58. The lowest BCUT2D eigenvalue weighted by Gasteiger charge is -2.32. The molecule has 1 aliphatic carbocycles. The van der Waals surface area contributed by atoms with Crippen molar-refractivity contribution in [3.63, 3.8) is 0 Å². The van der Waals surface area contributed by atoms with Crippen LogP contribution in [0.15, 0.2) is 28.7 Å². The number of nitrogens with zero attached hydrogens (tertiary/aromatic N) is 2. The van der Waals surface area contributed by atoms with E-state index in [2.05, 4.69) is 11.4 Å². The van der Waals surface area contributed by atoms with E-state index in [1.165, 1.54) is 10.1 Å². The molecule has 1 saturated carbocycles. The second-order valence-electron chi connectivity index (χ2n) is 8.03. The van der Waals surface area contributed by atoms with Gasteiger partial charge < -0.3 is 24.6 Å². The smallest absolute Gasteiger partial charge is 0.387 e. The maximum absolute atomic E-state index is 15.3. The Morgan fingerprint density at radius 2 is 2.03 bits per heavy atom. The van der Waals surface area contributed by atoms with Crippen molar-refractivity contribution in [3.8, 4) is 5.75 Å². The van der Waals surface area contributed by atoms with E-state index in [0.717, 1.165) is 12.3 Å². The zero-order chi connectivity index (χ0) is 23.0. The van der Waals surface area contributed by atoms with Gasteiger partial charge in [-0.05, 0) is 38.8 Å². The van der Waals surface area contributed by atoms with Crippen molar-refractivity contribution in [1.82, 2.24) is 9.88 Å². The molecule has 0 bridgehead atoms. The predicted molar refractivity (Wildman–Crippen MR) is 113 cm³/mol. The lowest BCUT2D eigenvalue weighted by atomic mass is 10.0. The molecule has 2 aromatic rings. The summed E-state index contributed by atoms with van der Waals surface area (Å²) in [5.74, 6) is -2.76. The molecule has 32 heavy (non-hydrogen) atoms. The number of piperidine rings is 1. The standard InChI is InChI=1S/C22H24F3N3O4/c1-26-7-4-12-5-8-27(9-6-12)18-16(23)10-14-17(20(18)32-22(24)25)28(13-2-3-13)11-15(19(14)29)21(30)31/h4,10-11,13,22,26H,2-3,5-9H2,1H3,(H,30,31). The molecule has 4 rings (SSSR count). The molecule has 0 atom stereocenters. The van der Waals surface area contributed by atoms with Crippen LogP contribution in [-0.2, 0) is 0 Å². The highest BCUT2D eigenvalue weighted by molar-refractivity contribution is 5.97. The van der Waals surface area contributed by atoms with Crippen LogP contribution in [0.2, 0.25) is 0 Å². The summed E-state index contributed by atoms with van der Waals surface area (Å²) in [6, 6.07) is 0.787. The molecule has 2 heterocycles. The van der Waals surface area contributed by atoms with Gasteiger partial charge in [0.2, 0.25) is 5.43 Å². The Balaban J connectivity index is 1.89. The molecule has 1 saturated heterocycles. The van der Waals surface area contributed by atoms with Crippen LogP contribution in [0.3, 0.4) is 0 Å². The molecule has 0 spiro atoms. The van der Waals surface area contributed by atoms with Gasteiger partial charge in [-0.2, -0.15) is 8.78 Å². The van der Waals surface area contributed by atoms with E-state index in [1.54, 1.807) is 4.90 Å². The number of halogens is 3. The van der Waals surface area contributed by atoms with Crippen molar-refractivity contribution in [3.05, 3.63) is 45.5 Å². The van der Waals surface area contributed by atoms with Gasteiger partial charge in [-0.15, -0.1) is 0 Å². The number of carboxylic acid groups (broad SMARTS) is 1. The van der Waals surface area contributed by atoms with Crippen LogP contribution in [0.1, 0.15) is 42.1 Å². The highest BCUT2D eigenvalue weighted by atomic mass is 19.3. The maximum atomic E-state index is 15.3. The number of aromatic nitrogens is 1. The second kappa shape index (κ2) is 8.85. The molecular weight excluding hydrogens is 427 g/mol. The first-order valence-electron chi connectivity index (χ1n) is 10.5. The number of alkyl halides is 2. The third-order valence-corrected chi connectivity index (χ3v) is 5.89. The molecule has 0 radical (unpaired) electrons. The van der Waals surface area contributed by atoms with Gasteiger partial charge >= 0.3 is 12.6 Å². The van der Waals surface area contributed by atoms with Crippen molar-refractivity contribution in [2.75, 3.05) is 31.6 Å². The van der Waals surface area contributed by atoms with Crippen molar-refractivity contribution in [2.45, 2.75) is 38.3 Å². The maximum Gasteiger partial charge on any atom is 0.387 e. The van der Waals surface area contributed by atoms with Gasteiger partial charge in [0, 0.05) is 31.9 Å². The van der Waals surface area contributed by atoms with Crippen molar-refractivity contribution in [2.24, 2.45) is 0 Å². The number of benzene rings is 1. The van der Waals surface area contributed by atoms with Crippen LogP contribution in [0, 0.1) is 5.82 Å². The Labute approximate surface area is 182 Å². The SMILES string of the molecule is CNCC=C1CCN(c2c(F)cc3c(=O)c(C(=O)O)cn(C4CC4)c3c2OC(F)F)CC1. The molecule has 7 nitrogen and oxygen atoms in total. The molecule has 0 unspecified atom stereocenters. The van der Waals surface area contributed by atoms with Gasteiger partial charge in [-0.3, -0.25) is 4.79 Å². The molecule has 2 N–H and O–H groups in total. The normalized spacial score (nSPS) is 16.7. The number of rotatable bonds is 7. The van der Waals surface area contributed by atoms with Gasteiger partial charge in [-0.1, -0.05) is 11.6 Å². The third-order valence-electron chi connectivity index (χ3n) is 5.89. The summed E-state index contributed by atoms with van der Waals surface area (Å²) in [6.07, 6.45) is 5.88. The number of aromatic carboxylic acids is 1. The van der Waals surface area contributed by atoms with Crippen LogP contribution in [0.4, 0.5) is 18.9 Å². The quantitative estimate of drug-likeness (QED) is 0.627. The van der Waals surface area contributed by atoms with Gasteiger partial charge in [-0.25, -0.2) is 9.18 Å². The predicted octanol–water partition coefficient (Wildman–Crippen LogP) is 3.52. The van der Waals surface area contributed by atoms with Crippen LogP contribution in [0.25, 0.3) is 10.9 Å². The summed E-state index contributed by atoms with van der Waals surface area (Å²) in [5.41, 5.74) is -0.381. The first kappa shape index (κ1) is 22.2. The summed E-state index contributed by atoms with van der Waals surface area (Å²) < 4.78 is 48.4. The highest BCUT2D eigenvalue weighted by Crippen LogP contribution is 2.44. The number of fused-ring (bicyclic) bond motifs is 1. The third kappa shape index (κ3) is 4.19. The summed E-state index contributed by atoms with van der Waals surface area (Å²) in [7, 11) is 1.83. The molecule has 1 aromatic heterocycles.